The molecule has 24 heavy (non-hydrogen) atoms. The summed E-state index contributed by atoms with van der Waals surface area (Å²) in [4.78, 5) is 35.4. The largest absolute Gasteiger partial charge is 0.467 e. The zero-order chi connectivity index (χ0) is 17.9. The highest BCUT2D eigenvalue weighted by molar-refractivity contribution is 5.89. The summed E-state index contributed by atoms with van der Waals surface area (Å²) in [5.74, 6) is -0.987. The van der Waals surface area contributed by atoms with Crippen LogP contribution >= 0.6 is 0 Å². The maximum atomic E-state index is 12.1. The number of nitrogens with one attached hydrogen (secondary N) is 2. The summed E-state index contributed by atoms with van der Waals surface area (Å²) < 4.78 is 9.70. The first-order valence-corrected chi connectivity index (χ1v) is 7.83. The minimum atomic E-state index is -0.836. The topological polar surface area (TPSA) is 93.7 Å². The quantitative estimate of drug-likeness (QED) is 0.706. The van der Waals surface area contributed by atoms with Gasteiger partial charge in [0.15, 0.2) is 0 Å². The van der Waals surface area contributed by atoms with E-state index in [4.69, 9.17) is 4.74 Å². The van der Waals surface area contributed by atoms with Gasteiger partial charge >= 0.3 is 12.1 Å². The SMILES string of the molecule is CCC[C@@H](NC(=O)[C@@H](C)NC(=O)OCc1ccccc1)C(=O)OC. The monoisotopic (exact) mass is 336 g/mol. The number of hydrogen-bond donors (Lipinski definition) is 2. The summed E-state index contributed by atoms with van der Waals surface area (Å²) >= 11 is 0. The maximum Gasteiger partial charge on any atom is 0.408 e. The molecule has 2 amide bonds. The van der Waals surface area contributed by atoms with Crippen molar-refractivity contribution in [3.8, 4) is 0 Å². The Hall–Kier alpha value is -2.57. The molecule has 1 rings (SSSR count). The van der Waals surface area contributed by atoms with Gasteiger partial charge in [-0.15, -0.1) is 0 Å². The van der Waals surface area contributed by atoms with Crippen LogP contribution in [0.25, 0.3) is 0 Å². The molecule has 0 aromatic heterocycles. The third-order valence-corrected chi connectivity index (χ3v) is 3.32. The Labute approximate surface area is 141 Å². The summed E-state index contributed by atoms with van der Waals surface area (Å²) in [5.41, 5.74) is 0.846. The summed E-state index contributed by atoms with van der Waals surface area (Å²) in [6.07, 6.45) is 0.469. The molecule has 0 spiro atoms. The van der Waals surface area contributed by atoms with E-state index in [1.54, 1.807) is 0 Å². The number of ether oxygens (including phenoxy) is 2. The molecule has 0 radical (unpaired) electrons. The number of methoxy groups -OCH3 is 1. The molecule has 0 fully saturated rings. The van der Waals surface area contributed by atoms with Gasteiger partial charge < -0.3 is 20.1 Å². The molecule has 1 aromatic carbocycles. The van der Waals surface area contributed by atoms with E-state index in [9.17, 15) is 14.4 Å². The molecule has 0 aliphatic rings. The number of amides is 2. The molecule has 0 saturated carbocycles. The Morgan fingerprint density at radius 3 is 2.38 bits per heavy atom. The lowest BCUT2D eigenvalue weighted by molar-refractivity contribution is -0.145. The van der Waals surface area contributed by atoms with Gasteiger partial charge in [0.1, 0.15) is 18.7 Å². The minimum Gasteiger partial charge on any atom is -0.467 e. The minimum absolute atomic E-state index is 0.113. The van der Waals surface area contributed by atoms with E-state index in [0.29, 0.717) is 12.8 Å². The average molecular weight is 336 g/mol. The predicted octanol–water partition coefficient (Wildman–Crippen LogP) is 1.76. The Bertz CT molecular complexity index is 547. The molecule has 7 nitrogen and oxygen atoms in total. The first-order valence-electron chi connectivity index (χ1n) is 7.83. The summed E-state index contributed by atoms with van der Waals surface area (Å²) in [6, 6.07) is 7.64. The number of carbonyl (C=O) groups is 3. The molecule has 0 unspecified atom stereocenters. The Balaban J connectivity index is 2.44. The highest BCUT2D eigenvalue weighted by Gasteiger charge is 2.24. The molecule has 7 heteroatoms. The zero-order valence-corrected chi connectivity index (χ0v) is 14.2. The van der Waals surface area contributed by atoms with Crippen LogP contribution in [0.5, 0.6) is 0 Å². The summed E-state index contributed by atoms with van der Waals surface area (Å²) in [5, 5.41) is 4.99. The van der Waals surface area contributed by atoms with Crippen molar-refractivity contribution in [3.05, 3.63) is 35.9 Å². The second-order valence-electron chi connectivity index (χ2n) is 5.30. The van der Waals surface area contributed by atoms with Crippen molar-refractivity contribution < 1.29 is 23.9 Å². The van der Waals surface area contributed by atoms with E-state index >= 15 is 0 Å². The van der Waals surface area contributed by atoms with Gasteiger partial charge in [0.05, 0.1) is 7.11 Å². The van der Waals surface area contributed by atoms with Crippen molar-refractivity contribution in [2.75, 3.05) is 7.11 Å². The van der Waals surface area contributed by atoms with Crippen molar-refractivity contribution >= 4 is 18.0 Å². The van der Waals surface area contributed by atoms with Crippen molar-refractivity contribution in [1.29, 1.82) is 0 Å². The number of alkyl carbamates (subject to hydrolysis) is 1. The van der Waals surface area contributed by atoms with Crippen LogP contribution in [0.3, 0.4) is 0 Å². The van der Waals surface area contributed by atoms with Crippen molar-refractivity contribution in [3.63, 3.8) is 0 Å². The van der Waals surface area contributed by atoms with Crippen LogP contribution in [0, 0.1) is 0 Å². The van der Waals surface area contributed by atoms with E-state index in [2.05, 4.69) is 15.4 Å². The Morgan fingerprint density at radius 2 is 1.79 bits per heavy atom. The number of benzene rings is 1. The lowest BCUT2D eigenvalue weighted by atomic mass is 10.1. The van der Waals surface area contributed by atoms with Gasteiger partial charge in [-0.05, 0) is 18.9 Å². The second-order valence-corrected chi connectivity index (χ2v) is 5.30. The Kier molecular flexibility index (Phi) is 8.32. The van der Waals surface area contributed by atoms with E-state index in [0.717, 1.165) is 5.56 Å². The van der Waals surface area contributed by atoms with E-state index in [1.165, 1.54) is 14.0 Å². The van der Waals surface area contributed by atoms with Gasteiger partial charge in [-0.1, -0.05) is 43.7 Å². The molecule has 2 atom stereocenters. The first kappa shape index (κ1) is 19.5. The third kappa shape index (κ3) is 6.68. The molecule has 0 saturated heterocycles. The third-order valence-electron chi connectivity index (χ3n) is 3.32. The van der Waals surface area contributed by atoms with Crippen LogP contribution < -0.4 is 10.6 Å². The van der Waals surface area contributed by atoms with Crippen LogP contribution in [0.15, 0.2) is 30.3 Å². The summed E-state index contributed by atoms with van der Waals surface area (Å²) in [7, 11) is 1.26. The number of esters is 1. The standard InChI is InChI=1S/C17H24N2O5/c1-4-8-14(16(21)23-3)19-15(20)12(2)18-17(22)24-11-13-9-6-5-7-10-13/h5-7,9-10,12,14H,4,8,11H2,1-3H3,(H,18,22)(H,19,20)/t12-,14-/m1/s1. The molecule has 132 valence electrons. The highest BCUT2D eigenvalue weighted by Crippen LogP contribution is 2.02. The fourth-order valence-corrected chi connectivity index (χ4v) is 1.98. The van der Waals surface area contributed by atoms with Crippen molar-refractivity contribution in [1.82, 2.24) is 10.6 Å². The normalized spacial score (nSPS) is 12.6. The van der Waals surface area contributed by atoms with Gasteiger partial charge in [-0.2, -0.15) is 0 Å². The number of hydrogen-bond acceptors (Lipinski definition) is 5. The molecule has 0 aliphatic heterocycles. The molecular weight excluding hydrogens is 312 g/mol. The number of carbonyl (C=O) groups excluding carboxylic acids is 3. The van der Waals surface area contributed by atoms with Gasteiger partial charge in [0.2, 0.25) is 5.91 Å². The second kappa shape index (κ2) is 10.3. The zero-order valence-electron chi connectivity index (χ0n) is 14.2. The predicted molar refractivity (Wildman–Crippen MR) is 88.1 cm³/mol. The van der Waals surface area contributed by atoms with Crippen LogP contribution in [0.4, 0.5) is 4.79 Å². The molecular formula is C17H24N2O5. The van der Waals surface area contributed by atoms with Crippen LogP contribution in [0.1, 0.15) is 32.3 Å². The molecule has 0 aliphatic carbocycles. The molecule has 1 aromatic rings. The molecule has 0 bridgehead atoms. The molecule has 2 N–H and O–H groups in total. The van der Waals surface area contributed by atoms with Gasteiger partial charge in [0, 0.05) is 0 Å². The van der Waals surface area contributed by atoms with E-state index < -0.39 is 30.1 Å². The van der Waals surface area contributed by atoms with Gasteiger partial charge in [0.25, 0.3) is 0 Å². The van der Waals surface area contributed by atoms with Crippen molar-refractivity contribution in [2.45, 2.75) is 45.4 Å². The van der Waals surface area contributed by atoms with E-state index in [1.807, 2.05) is 37.3 Å². The summed E-state index contributed by atoms with van der Waals surface area (Å²) in [6.45, 7) is 3.52. The van der Waals surface area contributed by atoms with Crippen molar-refractivity contribution in [2.24, 2.45) is 0 Å². The lowest BCUT2D eigenvalue weighted by Gasteiger charge is -2.19. The van der Waals surface area contributed by atoms with E-state index in [-0.39, 0.29) is 6.61 Å². The first-order chi connectivity index (χ1) is 11.5. The fraction of sp³-hybridized carbons (Fsp3) is 0.471. The fourth-order valence-electron chi connectivity index (χ4n) is 1.98. The smallest absolute Gasteiger partial charge is 0.408 e. The van der Waals surface area contributed by atoms with Crippen LogP contribution in [0.2, 0.25) is 0 Å². The van der Waals surface area contributed by atoms with Gasteiger partial charge in [-0.25, -0.2) is 9.59 Å². The molecule has 0 heterocycles. The van der Waals surface area contributed by atoms with Crippen LogP contribution in [-0.4, -0.2) is 37.2 Å². The number of rotatable bonds is 8. The van der Waals surface area contributed by atoms with Crippen LogP contribution in [-0.2, 0) is 25.7 Å². The van der Waals surface area contributed by atoms with Gasteiger partial charge in [-0.3, -0.25) is 4.79 Å². The maximum absolute atomic E-state index is 12.1. The highest BCUT2D eigenvalue weighted by atomic mass is 16.5. The lowest BCUT2D eigenvalue weighted by Crippen LogP contribution is -2.50. The average Bonchev–Trinajstić information content (AvgIpc) is 2.59. The Morgan fingerprint density at radius 1 is 1.12 bits per heavy atom.